The molecule has 1 amide bonds. The summed E-state index contributed by atoms with van der Waals surface area (Å²) >= 11 is 0. The molecule has 4 aromatic rings. The fourth-order valence-electron chi connectivity index (χ4n) is 3.23. The van der Waals surface area contributed by atoms with Crippen LogP contribution in [0.2, 0.25) is 0 Å². The Bertz CT molecular complexity index is 1210. The van der Waals surface area contributed by atoms with Crippen molar-refractivity contribution >= 4 is 17.2 Å². The van der Waals surface area contributed by atoms with Gasteiger partial charge in [-0.3, -0.25) is 4.79 Å². The van der Waals surface area contributed by atoms with Gasteiger partial charge in [0.15, 0.2) is 6.61 Å². The Morgan fingerprint density at radius 2 is 1.87 bits per heavy atom. The highest BCUT2D eigenvalue weighted by Crippen LogP contribution is 2.26. The standard InChI is InChI=1S/C24H23N3O3/c1-16-9-10-18(22-14-27-11-5-6-17(2)24(27)26-22)12-21(16)25-23(28)15-30-20-8-4-7-19(13-20)29-3/h4-14H,15H2,1-3H3,(H,25,28). The van der Waals surface area contributed by atoms with Crippen LogP contribution in [0.3, 0.4) is 0 Å². The number of carbonyl (C=O) groups excluding carboxylic acids is 1. The lowest BCUT2D eigenvalue weighted by Gasteiger charge is -2.11. The van der Waals surface area contributed by atoms with Gasteiger partial charge in [0.1, 0.15) is 17.1 Å². The molecule has 2 aromatic heterocycles. The maximum absolute atomic E-state index is 12.4. The Morgan fingerprint density at radius 3 is 2.67 bits per heavy atom. The zero-order chi connectivity index (χ0) is 21.1. The summed E-state index contributed by atoms with van der Waals surface area (Å²) in [6.07, 6.45) is 3.97. The lowest BCUT2D eigenvalue weighted by molar-refractivity contribution is -0.118. The third-order valence-electron chi connectivity index (χ3n) is 4.90. The number of nitrogens with zero attached hydrogens (tertiary/aromatic N) is 2. The second-order valence-corrected chi connectivity index (χ2v) is 7.09. The van der Waals surface area contributed by atoms with Crippen LogP contribution in [0, 0.1) is 13.8 Å². The monoisotopic (exact) mass is 401 g/mol. The minimum Gasteiger partial charge on any atom is -0.497 e. The molecule has 0 saturated heterocycles. The third kappa shape index (κ3) is 4.12. The Kier molecular flexibility index (Phi) is 5.39. The van der Waals surface area contributed by atoms with Gasteiger partial charge in [0.05, 0.1) is 12.8 Å². The number of imidazole rings is 1. The van der Waals surface area contributed by atoms with E-state index in [1.54, 1.807) is 19.2 Å². The molecular formula is C24H23N3O3. The van der Waals surface area contributed by atoms with Crippen LogP contribution in [0.5, 0.6) is 11.5 Å². The smallest absolute Gasteiger partial charge is 0.262 e. The molecule has 0 atom stereocenters. The summed E-state index contributed by atoms with van der Waals surface area (Å²) in [5, 5.41) is 2.93. The van der Waals surface area contributed by atoms with E-state index in [9.17, 15) is 4.79 Å². The predicted octanol–water partition coefficient (Wildman–Crippen LogP) is 4.64. The summed E-state index contributed by atoms with van der Waals surface area (Å²) in [5.74, 6) is 1.03. The van der Waals surface area contributed by atoms with E-state index in [1.807, 2.05) is 73.1 Å². The van der Waals surface area contributed by atoms with Crippen LogP contribution in [0.25, 0.3) is 16.9 Å². The fraction of sp³-hybridized carbons (Fsp3) is 0.167. The molecule has 2 aromatic carbocycles. The number of hydrogen-bond acceptors (Lipinski definition) is 4. The maximum Gasteiger partial charge on any atom is 0.262 e. The normalized spacial score (nSPS) is 10.8. The molecule has 0 aliphatic heterocycles. The SMILES string of the molecule is COc1cccc(OCC(=O)Nc2cc(-c3cn4cccc(C)c4n3)ccc2C)c1. The average molecular weight is 401 g/mol. The van der Waals surface area contributed by atoms with Crippen molar-refractivity contribution < 1.29 is 14.3 Å². The molecule has 30 heavy (non-hydrogen) atoms. The fourth-order valence-corrected chi connectivity index (χ4v) is 3.23. The van der Waals surface area contributed by atoms with Gasteiger partial charge in [-0.2, -0.15) is 0 Å². The number of hydrogen-bond donors (Lipinski definition) is 1. The molecule has 0 bridgehead atoms. The van der Waals surface area contributed by atoms with Gasteiger partial charge >= 0.3 is 0 Å². The quantitative estimate of drug-likeness (QED) is 0.511. The van der Waals surface area contributed by atoms with Crippen molar-refractivity contribution in [2.75, 3.05) is 19.0 Å². The van der Waals surface area contributed by atoms with Gasteiger partial charge in [-0.1, -0.05) is 24.3 Å². The zero-order valence-electron chi connectivity index (χ0n) is 17.2. The second-order valence-electron chi connectivity index (χ2n) is 7.09. The zero-order valence-corrected chi connectivity index (χ0v) is 17.2. The van der Waals surface area contributed by atoms with Crippen LogP contribution in [0.4, 0.5) is 5.69 Å². The van der Waals surface area contributed by atoms with Crippen molar-refractivity contribution in [3.05, 3.63) is 78.1 Å². The molecule has 6 nitrogen and oxygen atoms in total. The summed E-state index contributed by atoms with van der Waals surface area (Å²) in [6, 6.07) is 17.1. The van der Waals surface area contributed by atoms with Gasteiger partial charge in [-0.05, 0) is 49.2 Å². The Balaban J connectivity index is 1.50. The van der Waals surface area contributed by atoms with Crippen LogP contribution in [-0.4, -0.2) is 29.0 Å². The van der Waals surface area contributed by atoms with Gasteiger partial charge in [-0.15, -0.1) is 0 Å². The highest BCUT2D eigenvalue weighted by molar-refractivity contribution is 5.93. The van der Waals surface area contributed by atoms with Gasteiger partial charge in [-0.25, -0.2) is 4.98 Å². The molecule has 6 heteroatoms. The topological polar surface area (TPSA) is 64.9 Å². The van der Waals surface area contributed by atoms with Crippen molar-refractivity contribution in [3.63, 3.8) is 0 Å². The summed E-state index contributed by atoms with van der Waals surface area (Å²) in [7, 11) is 1.59. The number of fused-ring (bicyclic) bond motifs is 1. The van der Waals surface area contributed by atoms with Gasteiger partial charge < -0.3 is 19.2 Å². The van der Waals surface area contributed by atoms with Crippen LogP contribution in [0.1, 0.15) is 11.1 Å². The van der Waals surface area contributed by atoms with E-state index in [-0.39, 0.29) is 12.5 Å². The summed E-state index contributed by atoms with van der Waals surface area (Å²) in [5.41, 5.74) is 5.53. The van der Waals surface area contributed by atoms with Crippen LogP contribution < -0.4 is 14.8 Å². The molecule has 0 unspecified atom stereocenters. The van der Waals surface area contributed by atoms with Crippen molar-refractivity contribution in [2.24, 2.45) is 0 Å². The van der Waals surface area contributed by atoms with Gasteiger partial charge in [0.2, 0.25) is 0 Å². The first-order valence-corrected chi connectivity index (χ1v) is 9.65. The number of methoxy groups -OCH3 is 1. The first-order chi connectivity index (χ1) is 14.5. The van der Waals surface area contributed by atoms with Crippen molar-refractivity contribution in [1.29, 1.82) is 0 Å². The molecule has 1 N–H and O–H groups in total. The molecule has 0 radical (unpaired) electrons. The van der Waals surface area contributed by atoms with E-state index in [4.69, 9.17) is 14.5 Å². The Morgan fingerprint density at radius 1 is 1.03 bits per heavy atom. The number of ether oxygens (including phenoxy) is 2. The molecule has 0 aliphatic rings. The van der Waals surface area contributed by atoms with E-state index in [0.29, 0.717) is 11.5 Å². The predicted molar refractivity (Wildman–Crippen MR) is 117 cm³/mol. The number of carbonyl (C=O) groups is 1. The first kappa shape index (κ1) is 19.5. The minimum absolute atomic E-state index is 0.0929. The number of aryl methyl sites for hydroxylation is 2. The van der Waals surface area contributed by atoms with Gasteiger partial charge in [0, 0.05) is 29.7 Å². The largest absolute Gasteiger partial charge is 0.497 e. The number of anilines is 1. The number of benzene rings is 2. The molecule has 0 aliphatic carbocycles. The lowest BCUT2D eigenvalue weighted by atomic mass is 10.1. The molecule has 152 valence electrons. The molecule has 4 rings (SSSR count). The minimum atomic E-state index is -0.232. The highest BCUT2D eigenvalue weighted by Gasteiger charge is 2.11. The molecule has 2 heterocycles. The van der Waals surface area contributed by atoms with E-state index in [0.717, 1.165) is 33.7 Å². The number of pyridine rings is 1. The van der Waals surface area contributed by atoms with Crippen molar-refractivity contribution in [3.8, 4) is 22.8 Å². The Labute approximate surface area is 175 Å². The molecule has 0 fully saturated rings. The van der Waals surface area contributed by atoms with E-state index >= 15 is 0 Å². The van der Waals surface area contributed by atoms with Crippen molar-refractivity contribution in [2.45, 2.75) is 13.8 Å². The average Bonchev–Trinajstić information content (AvgIpc) is 3.20. The first-order valence-electron chi connectivity index (χ1n) is 9.65. The Hall–Kier alpha value is -3.80. The molecule has 0 spiro atoms. The molecular weight excluding hydrogens is 378 g/mol. The number of amides is 1. The van der Waals surface area contributed by atoms with Crippen LogP contribution >= 0.6 is 0 Å². The number of nitrogens with one attached hydrogen (secondary N) is 1. The highest BCUT2D eigenvalue weighted by atomic mass is 16.5. The molecule has 0 saturated carbocycles. The lowest BCUT2D eigenvalue weighted by Crippen LogP contribution is -2.20. The van der Waals surface area contributed by atoms with Crippen LogP contribution in [0.15, 0.2) is 67.0 Å². The summed E-state index contributed by atoms with van der Waals surface area (Å²) in [6.45, 7) is 3.90. The maximum atomic E-state index is 12.4. The van der Waals surface area contributed by atoms with Crippen molar-refractivity contribution in [1.82, 2.24) is 9.38 Å². The van der Waals surface area contributed by atoms with E-state index in [2.05, 4.69) is 5.32 Å². The number of rotatable bonds is 6. The summed E-state index contributed by atoms with van der Waals surface area (Å²) in [4.78, 5) is 17.2. The number of aromatic nitrogens is 2. The van der Waals surface area contributed by atoms with E-state index < -0.39 is 0 Å². The summed E-state index contributed by atoms with van der Waals surface area (Å²) < 4.78 is 12.8. The third-order valence-corrected chi connectivity index (χ3v) is 4.90. The van der Waals surface area contributed by atoms with Gasteiger partial charge in [0.25, 0.3) is 5.91 Å². The van der Waals surface area contributed by atoms with Crippen LogP contribution in [-0.2, 0) is 4.79 Å². The second kappa shape index (κ2) is 8.29. The van der Waals surface area contributed by atoms with E-state index in [1.165, 1.54) is 0 Å².